The second-order valence-corrected chi connectivity index (χ2v) is 7.11. The molecule has 2 aromatic carbocycles. The molecule has 1 saturated heterocycles. The SMILES string of the molecule is Cc1ccc(NC(=O)C(NCCN2CCOCC2)c2ccccc2)cc1Cl. The Bertz CT molecular complexity index is 748. The van der Waals surface area contributed by atoms with Crippen LogP contribution in [0.25, 0.3) is 0 Å². The second kappa shape index (κ2) is 9.85. The number of rotatable bonds is 7. The van der Waals surface area contributed by atoms with Crippen molar-refractivity contribution in [3.8, 4) is 0 Å². The van der Waals surface area contributed by atoms with Gasteiger partial charge in [-0.2, -0.15) is 0 Å². The highest BCUT2D eigenvalue weighted by molar-refractivity contribution is 6.31. The maximum absolute atomic E-state index is 12.9. The minimum Gasteiger partial charge on any atom is -0.379 e. The molecular weight excluding hydrogens is 362 g/mol. The first-order chi connectivity index (χ1) is 13.1. The first-order valence-electron chi connectivity index (χ1n) is 9.29. The highest BCUT2D eigenvalue weighted by atomic mass is 35.5. The molecule has 3 rings (SSSR count). The molecule has 1 unspecified atom stereocenters. The molecule has 1 fully saturated rings. The summed E-state index contributed by atoms with van der Waals surface area (Å²) >= 11 is 6.18. The average Bonchev–Trinajstić information content (AvgIpc) is 2.69. The first-order valence-corrected chi connectivity index (χ1v) is 9.67. The number of amides is 1. The van der Waals surface area contributed by atoms with E-state index in [4.69, 9.17) is 16.3 Å². The Morgan fingerprint density at radius 1 is 1.19 bits per heavy atom. The summed E-state index contributed by atoms with van der Waals surface area (Å²) in [5, 5.41) is 7.02. The molecule has 27 heavy (non-hydrogen) atoms. The van der Waals surface area contributed by atoms with Crippen molar-refractivity contribution in [3.05, 3.63) is 64.7 Å². The number of halogens is 1. The van der Waals surface area contributed by atoms with E-state index in [0.29, 0.717) is 10.7 Å². The summed E-state index contributed by atoms with van der Waals surface area (Å²) in [4.78, 5) is 15.3. The zero-order valence-corrected chi connectivity index (χ0v) is 16.3. The lowest BCUT2D eigenvalue weighted by Gasteiger charge is -2.27. The number of nitrogens with one attached hydrogen (secondary N) is 2. The minimum atomic E-state index is -0.424. The van der Waals surface area contributed by atoms with Gasteiger partial charge < -0.3 is 15.4 Å². The molecule has 0 spiro atoms. The Morgan fingerprint density at radius 3 is 2.63 bits per heavy atom. The summed E-state index contributed by atoms with van der Waals surface area (Å²) in [6, 6.07) is 14.9. The van der Waals surface area contributed by atoms with Crippen molar-refractivity contribution in [2.45, 2.75) is 13.0 Å². The lowest BCUT2D eigenvalue weighted by molar-refractivity contribution is -0.118. The summed E-state index contributed by atoms with van der Waals surface area (Å²) in [6.07, 6.45) is 0. The highest BCUT2D eigenvalue weighted by Gasteiger charge is 2.21. The normalized spacial score (nSPS) is 16.1. The zero-order chi connectivity index (χ0) is 19.1. The number of carbonyl (C=O) groups is 1. The van der Waals surface area contributed by atoms with Gasteiger partial charge in [0, 0.05) is 36.9 Å². The molecule has 2 N–H and O–H groups in total. The molecule has 1 heterocycles. The number of aryl methyl sites for hydroxylation is 1. The van der Waals surface area contributed by atoms with E-state index in [1.54, 1.807) is 6.07 Å². The lowest BCUT2D eigenvalue weighted by Crippen LogP contribution is -2.42. The number of morpholine rings is 1. The standard InChI is InChI=1S/C21H26ClN3O2/c1-16-7-8-18(15-19(16)22)24-21(26)20(17-5-3-2-4-6-17)23-9-10-25-11-13-27-14-12-25/h2-8,15,20,23H,9-14H2,1H3,(H,24,26). The fraction of sp³-hybridized carbons (Fsp3) is 0.381. The second-order valence-electron chi connectivity index (χ2n) is 6.71. The molecule has 1 atom stereocenters. The van der Waals surface area contributed by atoms with Crippen LogP contribution in [0, 0.1) is 6.92 Å². The van der Waals surface area contributed by atoms with Crippen LogP contribution in [0.5, 0.6) is 0 Å². The van der Waals surface area contributed by atoms with Crippen molar-refractivity contribution in [3.63, 3.8) is 0 Å². The quantitative estimate of drug-likeness (QED) is 0.765. The number of carbonyl (C=O) groups excluding carboxylic acids is 1. The van der Waals surface area contributed by atoms with Crippen molar-refractivity contribution in [2.24, 2.45) is 0 Å². The van der Waals surface area contributed by atoms with Gasteiger partial charge in [-0.15, -0.1) is 0 Å². The van der Waals surface area contributed by atoms with Gasteiger partial charge in [0.15, 0.2) is 0 Å². The first kappa shape index (κ1) is 19.8. The summed E-state index contributed by atoms with van der Waals surface area (Å²) in [5.41, 5.74) is 2.62. The molecule has 144 valence electrons. The average molecular weight is 388 g/mol. The Morgan fingerprint density at radius 2 is 1.93 bits per heavy atom. The molecule has 0 saturated carbocycles. The van der Waals surface area contributed by atoms with Crippen molar-refractivity contribution < 1.29 is 9.53 Å². The Balaban J connectivity index is 1.65. The lowest BCUT2D eigenvalue weighted by atomic mass is 10.1. The predicted octanol–water partition coefficient (Wildman–Crippen LogP) is 3.25. The van der Waals surface area contributed by atoms with Crippen LogP contribution in [0.2, 0.25) is 5.02 Å². The molecule has 1 aliphatic rings. The zero-order valence-electron chi connectivity index (χ0n) is 15.6. The van der Waals surface area contributed by atoms with Gasteiger partial charge in [0.1, 0.15) is 6.04 Å². The number of hydrogen-bond acceptors (Lipinski definition) is 4. The van der Waals surface area contributed by atoms with Crippen LogP contribution in [-0.4, -0.2) is 50.2 Å². The van der Waals surface area contributed by atoms with Gasteiger partial charge in [0.05, 0.1) is 13.2 Å². The van der Waals surface area contributed by atoms with Crippen molar-refractivity contribution in [2.75, 3.05) is 44.7 Å². The van der Waals surface area contributed by atoms with Gasteiger partial charge in [0.25, 0.3) is 0 Å². The van der Waals surface area contributed by atoms with E-state index in [1.165, 1.54) is 0 Å². The van der Waals surface area contributed by atoms with Crippen LogP contribution in [0.1, 0.15) is 17.2 Å². The minimum absolute atomic E-state index is 0.0944. The fourth-order valence-corrected chi connectivity index (χ4v) is 3.26. The largest absolute Gasteiger partial charge is 0.379 e. The van der Waals surface area contributed by atoms with Crippen LogP contribution < -0.4 is 10.6 Å². The number of ether oxygens (including phenoxy) is 1. The summed E-state index contributed by atoms with van der Waals surface area (Å²) < 4.78 is 5.38. The molecule has 0 radical (unpaired) electrons. The Hall–Kier alpha value is -1.92. The van der Waals surface area contributed by atoms with E-state index >= 15 is 0 Å². The smallest absolute Gasteiger partial charge is 0.246 e. The molecule has 1 aliphatic heterocycles. The van der Waals surface area contributed by atoms with Gasteiger partial charge in [-0.3, -0.25) is 9.69 Å². The molecule has 6 heteroatoms. The molecule has 0 bridgehead atoms. The molecule has 0 aliphatic carbocycles. The molecule has 0 aromatic heterocycles. The summed E-state index contributed by atoms with van der Waals surface area (Å²) in [5.74, 6) is -0.0944. The Kier molecular flexibility index (Phi) is 7.24. The van der Waals surface area contributed by atoms with E-state index in [1.807, 2.05) is 49.4 Å². The van der Waals surface area contributed by atoms with Crippen LogP contribution >= 0.6 is 11.6 Å². The number of nitrogens with zero attached hydrogens (tertiary/aromatic N) is 1. The van der Waals surface area contributed by atoms with Gasteiger partial charge in [-0.25, -0.2) is 0 Å². The van der Waals surface area contributed by atoms with E-state index in [2.05, 4.69) is 15.5 Å². The van der Waals surface area contributed by atoms with Gasteiger partial charge >= 0.3 is 0 Å². The van der Waals surface area contributed by atoms with E-state index < -0.39 is 6.04 Å². The Labute approximate surface area is 165 Å². The van der Waals surface area contributed by atoms with Crippen LogP contribution in [-0.2, 0) is 9.53 Å². The van der Waals surface area contributed by atoms with E-state index in [9.17, 15) is 4.79 Å². The monoisotopic (exact) mass is 387 g/mol. The molecule has 5 nitrogen and oxygen atoms in total. The van der Waals surface area contributed by atoms with Crippen LogP contribution in [0.4, 0.5) is 5.69 Å². The molecule has 1 amide bonds. The van der Waals surface area contributed by atoms with Gasteiger partial charge in [-0.1, -0.05) is 48.0 Å². The van der Waals surface area contributed by atoms with E-state index in [-0.39, 0.29) is 5.91 Å². The highest BCUT2D eigenvalue weighted by Crippen LogP contribution is 2.22. The van der Waals surface area contributed by atoms with Crippen molar-refractivity contribution in [1.29, 1.82) is 0 Å². The summed E-state index contributed by atoms with van der Waals surface area (Å²) in [7, 11) is 0. The number of anilines is 1. The molecule has 2 aromatic rings. The fourth-order valence-electron chi connectivity index (χ4n) is 3.08. The van der Waals surface area contributed by atoms with Crippen molar-refractivity contribution in [1.82, 2.24) is 10.2 Å². The van der Waals surface area contributed by atoms with Crippen molar-refractivity contribution >= 4 is 23.2 Å². The van der Waals surface area contributed by atoms with E-state index in [0.717, 1.165) is 50.5 Å². The predicted molar refractivity (Wildman–Crippen MR) is 109 cm³/mol. The third kappa shape index (κ3) is 5.78. The molecular formula is C21H26ClN3O2. The number of benzene rings is 2. The van der Waals surface area contributed by atoms with Gasteiger partial charge in [0.2, 0.25) is 5.91 Å². The topological polar surface area (TPSA) is 53.6 Å². The van der Waals surface area contributed by atoms with Crippen LogP contribution in [0.3, 0.4) is 0 Å². The maximum Gasteiger partial charge on any atom is 0.246 e. The van der Waals surface area contributed by atoms with Gasteiger partial charge in [-0.05, 0) is 30.2 Å². The summed E-state index contributed by atoms with van der Waals surface area (Å²) in [6.45, 7) is 6.97. The number of hydrogen-bond donors (Lipinski definition) is 2. The third-order valence-electron chi connectivity index (χ3n) is 4.71. The van der Waals surface area contributed by atoms with Crippen LogP contribution in [0.15, 0.2) is 48.5 Å². The maximum atomic E-state index is 12.9. The third-order valence-corrected chi connectivity index (χ3v) is 5.12.